The van der Waals surface area contributed by atoms with Crippen molar-refractivity contribution in [2.24, 2.45) is 0 Å². The maximum Gasteiger partial charge on any atom is 0.270 e. The number of nitriles is 1. The van der Waals surface area contributed by atoms with Gasteiger partial charge in [-0.15, -0.1) is 0 Å². The molecule has 134 valence electrons. The first-order valence-corrected chi connectivity index (χ1v) is 8.34. The number of anilines is 1. The number of aliphatic hydroxyl groups excluding tert-OH is 1. The van der Waals surface area contributed by atoms with Gasteiger partial charge in [0.15, 0.2) is 0 Å². The van der Waals surface area contributed by atoms with E-state index in [0.29, 0.717) is 5.69 Å². The Bertz CT molecular complexity index is 980. The SMILES string of the molecule is N#Cc1cc([N+](=O)[O-])ccc1NCC(O)c1ccc(-c2ccccc2)cc1. The molecule has 0 spiro atoms. The van der Waals surface area contributed by atoms with Crippen LogP contribution in [0.25, 0.3) is 11.1 Å². The summed E-state index contributed by atoms with van der Waals surface area (Å²) in [5, 5.41) is 33.3. The van der Waals surface area contributed by atoms with Crippen molar-refractivity contribution < 1.29 is 10.0 Å². The van der Waals surface area contributed by atoms with Crippen molar-refractivity contribution in [1.82, 2.24) is 0 Å². The summed E-state index contributed by atoms with van der Waals surface area (Å²) in [5.41, 5.74) is 3.36. The van der Waals surface area contributed by atoms with Gasteiger partial charge in [-0.1, -0.05) is 54.6 Å². The number of hydrogen-bond acceptors (Lipinski definition) is 5. The molecule has 0 aliphatic carbocycles. The molecule has 0 saturated carbocycles. The summed E-state index contributed by atoms with van der Waals surface area (Å²) < 4.78 is 0. The number of nitro benzene ring substituents is 1. The summed E-state index contributed by atoms with van der Waals surface area (Å²) >= 11 is 0. The molecule has 0 aromatic heterocycles. The molecule has 3 aromatic carbocycles. The molecule has 0 fully saturated rings. The van der Waals surface area contributed by atoms with Crippen molar-refractivity contribution >= 4 is 11.4 Å². The molecule has 6 heteroatoms. The lowest BCUT2D eigenvalue weighted by Gasteiger charge is -2.14. The van der Waals surface area contributed by atoms with Crippen molar-refractivity contribution in [1.29, 1.82) is 5.26 Å². The summed E-state index contributed by atoms with van der Waals surface area (Å²) in [4.78, 5) is 10.2. The van der Waals surface area contributed by atoms with E-state index in [1.165, 1.54) is 18.2 Å². The summed E-state index contributed by atoms with van der Waals surface area (Å²) in [5.74, 6) is 0. The summed E-state index contributed by atoms with van der Waals surface area (Å²) in [6.07, 6.45) is -0.781. The van der Waals surface area contributed by atoms with E-state index in [1.54, 1.807) is 0 Å². The molecule has 6 nitrogen and oxygen atoms in total. The minimum atomic E-state index is -0.781. The molecule has 0 radical (unpaired) electrons. The van der Waals surface area contributed by atoms with E-state index in [-0.39, 0.29) is 17.8 Å². The Kier molecular flexibility index (Phi) is 5.45. The van der Waals surface area contributed by atoms with Crippen LogP contribution in [-0.2, 0) is 0 Å². The molecule has 3 aromatic rings. The minimum absolute atomic E-state index is 0.144. The fourth-order valence-corrected chi connectivity index (χ4v) is 2.75. The average molecular weight is 359 g/mol. The van der Waals surface area contributed by atoms with E-state index in [4.69, 9.17) is 0 Å². The van der Waals surface area contributed by atoms with Gasteiger partial charge in [-0.25, -0.2) is 0 Å². The molecule has 0 aliphatic heterocycles. The first kappa shape index (κ1) is 18.1. The van der Waals surface area contributed by atoms with E-state index in [2.05, 4.69) is 5.32 Å². The molecule has 0 amide bonds. The van der Waals surface area contributed by atoms with Gasteiger partial charge in [-0.2, -0.15) is 5.26 Å². The lowest BCUT2D eigenvalue weighted by molar-refractivity contribution is -0.384. The van der Waals surface area contributed by atoms with Gasteiger partial charge >= 0.3 is 0 Å². The Balaban J connectivity index is 1.68. The lowest BCUT2D eigenvalue weighted by Crippen LogP contribution is -2.13. The van der Waals surface area contributed by atoms with Gasteiger partial charge in [-0.3, -0.25) is 10.1 Å². The van der Waals surface area contributed by atoms with E-state index >= 15 is 0 Å². The van der Waals surface area contributed by atoms with E-state index in [9.17, 15) is 20.5 Å². The largest absolute Gasteiger partial charge is 0.387 e. The fraction of sp³-hybridized carbons (Fsp3) is 0.0952. The standard InChI is InChI=1S/C21H17N3O3/c22-13-18-12-19(24(26)27)10-11-20(18)23-14-21(25)17-8-6-16(7-9-17)15-4-2-1-3-5-15/h1-12,21,23,25H,14H2. The number of hydrogen-bond donors (Lipinski definition) is 2. The van der Waals surface area contributed by atoms with Gasteiger partial charge in [0.1, 0.15) is 6.07 Å². The van der Waals surface area contributed by atoms with Crippen LogP contribution >= 0.6 is 0 Å². The number of non-ortho nitro benzene ring substituents is 1. The zero-order chi connectivity index (χ0) is 19.2. The van der Waals surface area contributed by atoms with Crippen LogP contribution in [0.1, 0.15) is 17.2 Å². The number of nitro groups is 1. The highest BCUT2D eigenvalue weighted by Crippen LogP contribution is 2.24. The summed E-state index contributed by atoms with van der Waals surface area (Å²) in [6, 6.07) is 23.5. The monoisotopic (exact) mass is 359 g/mol. The van der Waals surface area contributed by atoms with Crippen LogP contribution in [0.15, 0.2) is 72.8 Å². The zero-order valence-corrected chi connectivity index (χ0v) is 14.4. The number of aliphatic hydroxyl groups is 1. The molecule has 27 heavy (non-hydrogen) atoms. The lowest BCUT2D eigenvalue weighted by atomic mass is 10.0. The third-order valence-electron chi connectivity index (χ3n) is 4.22. The van der Waals surface area contributed by atoms with Crippen molar-refractivity contribution in [3.63, 3.8) is 0 Å². The van der Waals surface area contributed by atoms with Gasteiger partial charge in [0, 0.05) is 18.7 Å². The Morgan fingerprint density at radius 3 is 2.33 bits per heavy atom. The molecular weight excluding hydrogens is 342 g/mol. The fourth-order valence-electron chi connectivity index (χ4n) is 2.75. The van der Waals surface area contributed by atoms with Gasteiger partial charge in [0.05, 0.1) is 22.3 Å². The molecule has 1 atom stereocenters. The summed E-state index contributed by atoms with van der Waals surface area (Å²) in [6.45, 7) is 0.178. The van der Waals surface area contributed by atoms with Crippen LogP contribution in [-0.4, -0.2) is 16.6 Å². The van der Waals surface area contributed by atoms with Gasteiger partial charge in [0.2, 0.25) is 0 Å². The van der Waals surface area contributed by atoms with E-state index in [0.717, 1.165) is 16.7 Å². The van der Waals surface area contributed by atoms with Crippen LogP contribution in [0.4, 0.5) is 11.4 Å². The molecule has 0 aliphatic rings. The quantitative estimate of drug-likeness (QED) is 0.505. The van der Waals surface area contributed by atoms with Gasteiger partial charge in [0.25, 0.3) is 5.69 Å². The number of rotatable bonds is 6. The molecular formula is C21H17N3O3. The molecule has 1 unspecified atom stereocenters. The smallest absolute Gasteiger partial charge is 0.270 e. The predicted octanol–water partition coefficient (Wildman–Crippen LogP) is 4.28. The third kappa shape index (κ3) is 4.29. The first-order valence-electron chi connectivity index (χ1n) is 8.34. The Morgan fingerprint density at radius 1 is 1.04 bits per heavy atom. The highest BCUT2D eigenvalue weighted by atomic mass is 16.6. The summed E-state index contributed by atoms with van der Waals surface area (Å²) in [7, 11) is 0. The molecule has 2 N–H and O–H groups in total. The second-order valence-electron chi connectivity index (χ2n) is 5.98. The van der Waals surface area contributed by atoms with Crippen LogP contribution < -0.4 is 5.32 Å². The number of nitrogens with one attached hydrogen (secondary N) is 1. The number of benzene rings is 3. The Hall–Kier alpha value is -3.69. The van der Waals surface area contributed by atoms with Gasteiger partial charge in [-0.05, 0) is 22.8 Å². The topological polar surface area (TPSA) is 99.2 Å². The Labute approximate surface area is 156 Å². The Morgan fingerprint density at radius 2 is 1.70 bits per heavy atom. The van der Waals surface area contributed by atoms with Crippen molar-refractivity contribution in [3.8, 4) is 17.2 Å². The highest BCUT2D eigenvalue weighted by Gasteiger charge is 2.13. The second-order valence-corrected chi connectivity index (χ2v) is 5.98. The van der Waals surface area contributed by atoms with Crippen LogP contribution in [0.2, 0.25) is 0 Å². The second kappa shape index (κ2) is 8.13. The van der Waals surface area contributed by atoms with E-state index in [1.807, 2.05) is 60.7 Å². The van der Waals surface area contributed by atoms with Gasteiger partial charge < -0.3 is 10.4 Å². The molecule has 0 saturated heterocycles. The minimum Gasteiger partial charge on any atom is -0.387 e. The predicted molar refractivity (Wildman–Crippen MR) is 103 cm³/mol. The van der Waals surface area contributed by atoms with Crippen LogP contribution in [0.5, 0.6) is 0 Å². The zero-order valence-electron chi connectivity index (χ0n) is 14.4. The molecule has 0 bridgehead atoms. The third-order valence-corrected chi connectivity index (χ3v) is 4.22. The maximum absolute atomic E-state index is 10.8. The number of nitrogens with zero attached hydrogens (tertiary/aromatic N) is 2. The first-order chi connectivity index (χ1) is 13.1. The maximum atomic E-state index is 10.8. The molecule has 3 rings (SSSR count). The van der Waals surface area contributed by atoms with E-state index < -0.39 is 11.0 Å². The average Bonchev–Trinajstić information content (AvgIpc) is 2.72. The van der Waals surface area contributed by atoms with Crippen molar-refractivity contribution in [2.75, 3.05) is 11.9 Å². The molecule has 0 heterocycles. The van der Waals surface area contributed by atoms with Crippen LogP contribution in [0, 0.1) is 21.4 Å². The van der Waals surface area contributed by atoms with Crippen molar-refractivity contribution in [2.45, 2.75) is 6.10 Å². The van der Waals surface area contributed by atoms with Crippen LogP contribution in [0.3, 0.4) is 0 Å². The van der Waals surface area contributed by atoms with Crippen molar-refractivity contribution in [3.05, 3.63) is 94.0 Å². The normalized spacial score (nSPS) is 11.4. The highest BCUT2D eigenvalue weighted by molar-refractivity contribution is 5.64.